The summed E-state index contributed by atoms with van der Waals surface area (Å²) >= 11 is 0. The number of imidazole rings is 1. The topological polar surface area (TPSA) is 136 Å². The third-order valence-corrected chi connectivity index (χ3v) is 7.04. The van der Waals surface area contributed by atoms with Gasteiger partial charge in [0.25, 0.3) is 10.0 Å². The van der Waals surface area contributed by atoms with Crippen LogP contribution >= 0.6 is 0 Å². The average molecular weight is 541 g/mol. The van der Waals surface area contributed by atoms with E-state index < -0.39 is 39.7 Å². The molecule has 2 atom stereocenters. The quantitative estimate of drug-likeness (QED) is 0.377. The second kappa shape index (κ2) is 12.0. The zero-order valence-electron chi connectivity index (χ0n) is 21.7. The highest BCUT2D eigenvalue weighted by Gasteiger charge is 2.27. The van der Waals surface area contributed by atoms with Gasteiger partial charge in [0.15, 0.2) is 0 Å². The van der Waals surface area contributed by atoms with Gasteiger partial charge < -0.3 is 20.2 Å². The van der Waals surface area contributed by atoms with E-state index in [1.54, 1.807) is 32.9 Å². The molecule has 202 valence electrons. The van der Waals surface area contributed by atoms with E-state index in [1.807, 2.05) is 37.3 Å². The number of hydrogen-bond donors (Lipinski definition) is 2. The molecule has 11 heteroatoms. The molecule has 0 saturated carbocycles. The minimum atomic E-state index is -3.86. The van der Waals surface area contributed by atoms with E-state index in [4.69, 9.17) is 4.74 Å². The maximum absolute atomic E-state index is 13.1. The van der Waals surface area contributed by atoms with Crippen LogP contribution in [-0.2, 0) is 37.2 Å². The van der Waals surface area contributed by atoms with Gasteiger partial charge in [-0.2, -0.15) is 0 Å². The molecule has 0 radical (unpaired) electrons. The number of carbonyl (C=O) groups is 3. The van der Waals surface area contributed by atoms with Crippen molar-refractivity contribution in [2.75, 3.05) is 0 Å². The molecule has 1 aromatic heterocycles. The van der Waals surface area contributed by atoms with Crippen molar-refractivity contribution in [3.8, 4) is 0 Å². The molecule has 0 fully saturated rings. The maximum Gasteiger partial charge on any atom is 0.408 e. The van der Waals surface area contributed by atoms with Crippen molar-refractivity contribution in [2.45, 2.75) is 63.1 Å². The Kier molecular flexibility index (Phi) is 9.05. The number of aldehydes is 1. The highest BCUT2D eigenvalue weighted by molar-refractivity contribution is 7.90. The minimum absolute atomic E-state index is 0.0455. The Hall–Kier alpha value is -3.99. The fourth-order valence-electron chi connectivity index (χ4n) is 3.56. The first kappa shape index (κ1) is 28.6. The third kappa shape index (κ3) is 8.01. The summed E-state index contributed by atoms with van der Waals surface area (Å²) in [6.45, 7) is 6.98. The van der Waals surface area contributed by atoms with E-state index in [0.717, 1.165) is 21.4 Å². The fourth-order valence-corrected chi connectivity index (χ4v) is 4.72. The van der Waals surface area contributed by atoms with E-state index >= 15 is 0 Å². The molecule has 0 bridgehead atoms. The largest absolute Gasteiger partial charge is 0.444 e. The summed E-state index contributed by atoms with van der Waals surface area (Å²) in [7, 11) is -3.86. The predicted octanol–water partition coefficient (Wildman–Crippen LogP) is 2.79. The fraction of sp³-hybridized carbons (Fsp3) is 0.333. The molecule has 3 rings (SSSR count). The van der Waals surface area contributed by atoms with Gasteiger partial charge in [-0.05, 0) is 45.4 Å². The Bertz CT molecular complexity index is 1360. The lowest BCUT2D eigenvalue weighted by molar-refractivity contribution is -0.125. The number of aryl methyl sites for hydroxylation is 1. The van der Waals surface area contributed by atoms with Crippen LogP contribution in [0.1, 0.15) is 37.6 Å². The van der Waals surface area contributed by atoms with Gasteiger partial charge in [0.2, 0.25) is 5.91 Å². The van der Waals surface area contributed by atoms with Gasteiger partial charge >= 0.3 is 6.09 Å². The van der Waals surface area contributed by atoms with Crippen molar-refractivity contribution in [2.24, 2.45) is 0 Å². The van der Waals surface area contributed by atoms with E-state index in [2.05, 4.69) is 15.6 Å². The number of hydrogen-bond acceptors (Lipinski definition) is 7. The van der Waals surface area contributed by atoms with Crippen LogP contribution in [0, 0.1) is 6.92 Å². The van der Waals surface area contributed by atoms with E-state index in [1.165, 1.54) is 18.3 Å². The average Bonchev–Trinajstić information content (AvgIpc) is 3.32. The van der Waals surface area contributed by atoms with E-state index in [0.29, 0.717) is 6.29 Å². The molecule has 38 heavy (non-hydrogen) atoms. The first-order valence-electron chi connectivity index (χ1n) is 12.0. The second-order valence-corrected chi connectivity index (χ2v) is 11.7. The molecule has 10 nitrogen and oxygen atoms in total. The standard InChI is InChI=1S/C27H32N4O6S/c1-19-10-12-23(13-11-19)38(35,36)31-16-21(28-18-31)15-22(17-32)29-25(33)24(14-20-8-6-5-7-9-20)30-26(34)37-27(2,3)4/h5-13,16-18,22,24H,14-15H2,1-4H3,(H,29,33)(H,30,34)/t22-,24-/m0/s1. The minimum Gasteiger partial charge on any atom is -0.444 e. The maximum atomic E-state index is 13.1. The predicted molar refractivity (Wildman–Crippen MR) is 141 cm³/mol. The Morgan fingerprint density at radius 3 is 2.29 bits per heavy atom. The van der Waals surface area contributed by atoms with Gasteiger partial charge in [-0.15, -0.1) is 0 Å². The molecule has 3 aromatic rings. The van der Waals surface area contributed by atoms with Crippen LogP contribution in [0.3, 0.4) is 0 Å². The molecule has 0 saturated heterocycles. The van der Waals surface area contributed by atoms with Crippen molar-refractivity contribution in [1.29, 1.82) is 0 Å². The highest BCUT2D eigenvalue weighted by Crippen LogP contribution is 2.15. The number of nitrogens with one attached hydrogen (secondary N) is 2. The normalized spacial score (nSPS) is 13.3. The number of amides is 2. The number of ether oxygens (including phenoxy) is 1. The molecule has 0 aliphatic heterocycles. The number of carbonyl (C=O) groups excluding carboxylic acids is 3. The zero-order valence-corrected chi connectivity index (χ0v) is 22.6. The Morgan fingerprint density at radius 2 is 1.68 bits per heavy atom. The molecule has 2 amide bonds. The van der Waals surface area contributed by atoms with Crippen LogP contribution in [0.2, 0.25) is 0 Å². The number of alkyl carbamates (subject to hydrolysis) is 1. The van der Waals surface area contributed by atoms with Crippen LogP contribution in [0.15, 0.2) is 72.0 Å². The van der Waals surface area contributed by atoms with Crippen molar-refractivity contribution in [3.05, 3.63) is 83.9 Å². The number of benzene rings is 2. The molecule has 2 N–H and O–H groups in total. The summed E-state index contributed by atoms with van der Waals surface area (Å²) in [5.41, 5.74) is 1.25. The number of nitrogens with zero attached hydrogens (tertiary/aromatic N) is 2. The molecule has 0 spiro atoms. The van der Waals surface area contributed by atoms with Gasteiger partial charge in [-0.3, -0.25) is 4.79 Å². The molecular weight excluding hydrogens is 508 g/mol. The van der Waals surface area contributed by atoms with Crippen molar-refractivity contribution >= 4 is 28.3 Å². The van der Waals surface area contributed by atoms with Gasteiger partial charge in [-0.1, -0.05) is 48.0 Å². The summed E-state index contributed by atoms with van der Waals surface area (Å²) in [6, 6.07) is 13.5. The lowest BCUT2D eigenvalue weighted by atomic mass is 10.0. The van der Waals surface area contributed by atoms with Crippen LogP contribution in [0.25, 0.3) is 0 Å². The SMILES string of the molecule is Cc1ccc(S(=O)(=O)n2cnc(C[C@@H](C=O)NC(=O)[C@H](Cc3ccccc3)NC(=O)OC(C)(C)C)c2)cc1. The second-order valence-electron chi connectivity index (χ2n) is 9.86. The van der Waals surface area contributed by atoms with Crippen molar-refractivity contribution in [1.82, 2.24) is 19.6 Å². The number of rotatable bonds is 10. The van der Waals surface area contributed by atoms with E-state index in [-0.39, 0.29) is 23.4 Å². The summed E-state index contributed by atoms with van der Waals surface area (Å²) in [6.07, 6.45) is 2.35. The Morgan fingerprint density at radius 1 is 1.03 bits per heavy atom. The van der Waals surface area contributed by atoms with Gasteiger partial charge in [0.05, 0.1) is 16.6 Å². The zero-order chi connectivity index (χ0) is 27.9. The summed E-state index contributed by atoms with van der Waals surface area (Å²) in [5.74, 6) is -0.594. The number of aromatic nitrogens is 2. The van der Waals surface area contributed by atoms with Crippen LogP contribution in [0.5, 0.6) is 0 Å². The molecule has 0 aliphatic rings. The van der Waals surface area contributed by atoms with E-state index in [9.17, 15) is 22.8 Å². The van der Waals surface area contributed by atoms with Crippen LogP contribution < -0.4 is 10.6 Å². The molecule has 0 unspecified atom stereocenters. The highest BCUT2D eigenvalue weighted by atomic mass is 32.2. The molecule has 1 heterocycles. The van der Waals surface area contributed by atoms with Crippen molar-refractivity contribution in [3.63, 3.8) is 0 Å². The summed E-state index contributed by atoms with van der Waals surface area (Å²) < 4.78 is 32.0. The Labute approximate surface area is 222 Å². The van der Waals surface area contributed by atoms with Gasteiger partial charge in [-0.25, -0.2) is 22.2 Å². The van der Waals surface area contributed by atoms with Crippen LogP contribution in [-0.4, -0.2) is 53.3 Å². The lowest BCUT2D eigenvalue weighted by Gasteiger charge is -2.24. The molecule has 0 aliphatic carbocycles. The summed E-state index contributed by atoms with van der Waals surface area (Å²) in [5, 5.41) is 5.19. The van der Waals surface area contributed by atoms with Gasteiger partial charge in [0, 0.05) is 19.0 Å². The monoisotopic (exact) mass is 540 g/mol. The Balaban J connectivity index is 1.72. The van der Waals surface area contributed by atoms with Crippen LogP contribution in [0.4, 0.5) is 4.79 Å². The first-order chi connectivity index (χ1) is 17.9. The molecule has 2 aromatic carbocycles. The summed E-state index contributed by atoms with van der Waals surface area (Å²) in [4.78, 5) is 41.5. The van der Waals surface area contributed by atoms with Crippen molar-refractivity contribution < 1.29 is 27.5 Å². The van der Waals surface area contributed by atoms with Gasteiger partial charge in [0.1, 0.15) is 24.3 Å². The third-order valence-electron chi connectivity index (χ3n) is 5.42. The lowest BCUT2D eigenvalue weighted by Crippen LogP contribution is -2.52. The first-order valence-corrected chi connectivity index (χ1v) is 13.5. The smallest absolute Gasteiger partial charge is 0.408 e. The molecular formula is C27H32N4O6S.